The van der Waals surface area contributed by atoms with E-state index in [-0.39, 0.29) is 0 Å². The van der Waals surface area contributed by atoms with E-state index in [1.165, 1.54) is 24.0 Å². The number of hydrogen-bond acceptors (Lipinski definition) is 1. The molecule has 0 unspecified atom stereocenters. The van der Waals surface area contributed by atoms with Crippen LogP contribution in [-0.2, 0) is 6.54 Å². The monoisotopic (exact) mass is 261 g/mol. The van der Waals surface area contributed by atoms with E-state index in [0.29, 0.717) is 0 Å². The van der Waals surface area contributed by atoms with Crippen LogP contribution < -0.4 is 10.6 Å². The average molecular weight is 261 g/mol. The number of nitrogens with one attached hydrogen (secondary N) is 2. The van der Waals surface area contributed by atoms with Crippen molar-refractivity contribution in [2.45, 2.75) is 40.2 Å². The Labute approximate surface area is 117 Å². The van der Waals surface area contributed by atoms with E-state index in [2.05, 4.69) is 60.7 Å². The fraction of sp³-hybridized carbons (Fsp3) is 0.562. The van der Waals surface area contributed by atoms with Gasteiger partial charge in [-0.15, -0.1) is 0 Å². The number of rotatable bonds is 6. The Morgan fingerprint density at radius 1 is 1.21 bits per heavy atom. The Hall–Kier alpha value is -1.51. The van der Waals surface area contributed by atoms with Crippen molar-refractivity contribution in [2.24, 2.45) is 10.9 Å². The normalized spacial score (nSPS) is 11.7. The topological polar surface area (TPSA) is 36.4 Å². The van der Waals surface area contributed by atoms with Crippen LogP contribution >= 0.6 is 0 Å². The summed E-state index contributed by atoms with van der Waals surface area (Å²) in [5.41, 5.74) is 2.62. The molecule has 0 aromatic heterocycles. The van der Waals surface area contributed by atoms with Crippen LogP contribution in [0.3, 0.4) is 0 Å². The molecule has 0 spiro atoms. The minimum Gasteiger partial charge on any atom is -0.356 e. The third kappa shape index (κ3) is 6.27. The molecule has 0 aliphatic carbocycles. The Morgan fingerprint density at radius 3 is 2.58 bits per heavy atom. The summed E-state index contributed by atoms with van der Waals surface area (Å²) in [6.45, 7) is 8.44. The van der Waals surface area contributed by atoms with Crippen molar-refractivity contribution in [1.82, 2.24) is 10.6 Å². The molecule has 0 amide bonds. The summed E-state index contributed by atoms with van der Waals surface area (Å²) in [5.74, 6) is 1.65. The summed E-state index contributed by atoms with van der Waals surface area (Å²) in [6.07, 6.45) is 2.44. The molecule has 3 nitrogen and oxygen atoms in total. The molecule has 0 aliphatic rings. The molecule has 1 aromatic carbocycles. The van der Waals surface area contributed by atoms with Gasteiger partial charge < -0.3 is 10.6 Å². The molecule has 0 bridgehead atoms. The Balaban J connectivity index is 2.32. The molecule has 0 fully saturated rings. The third-order valence-corrected chi connectivity index (χ3v) is 3.18. The predicted octanol–water partition coefficient (Wildman–Crippen LogP) is 3.10. The molecule has 0 radical (unpaired) electrons. The quantitative estimate of drug-likeness (QED) is 0.469. The molecule has 0 aliphatic heterocycles. The van der Waals surface area contributed by atoms with Crippen LogP contribution in [0.1, 0.15) is 37.8 Å². The van der Waals surface area contributed by atoms with E-state index >= 15 is 0 Å². The number of benzene rings is 1. The highest BCUT2D eigenvalue weighted by Gasteiger charge is 2.00. The summed E-state index contributed by atoms with van der Waals surface area (Å²) in [5, 5.41) is 6.71. The number of aryl methyl sites for hydroxylation is 1. The molecule has 19 heavy (non-hydrogen) atoms. The molecule has 1 aromatic rings. The van der Waals surface area contributed by atoms with Gasteiger partial charge in [-0.2, -0.15) is 0 Å². The maximum Gasteiger partial charge on any atom is 0.191 e. The van der Waals surface area contributed by atoms with Gasteiger partial charge in [0, 0.05) is 20.1 Å². The third-order valence-electron chi connectivity index (χ3n) is 3.18. The van der Waals surface area contributed by atoms with E-state index in [9.17, 15) is 0 Å². The lowest BCUT2D eigenvalue weighted by molar-refractivity contribution is 0.549. The highest BCUT2D eigenvalue weighted by Crippen LogP contribution is 2.06. The van der Waals surface area contributed by atoms with Crippen LogP contribution in [0.4, 0.5) is 0 Å². The van der Waals surface area contributed by atoms with Gasteiger partial charge in [0.25, 0.3) is 0 Å². The van der Waals surface area contributed by atoms with Gasteiger partial charge >= 0.3 is 0 Å². The minimum absolute atomic E-state index is 0.767. The van der Waals surface area contributed by atoms with Crippen LogP contribution in [0.25, 0.3) is 0 Å². The van der Waals surface area contributed by atoms with Crippen LogP contribution in [0.5, 0.6) is 0 Å². The molecule has 0 saturated carbocycles. The van der Waals surface area contributed by atoms with Crippen molar-refractivity contribution in [2.75, 3.05) is 13.6 Å². The van der Waals surface area contributed by atoms with Gasteiger partial charge in [0.1, 0.15) is 0 Å². The van der Waals surface area contributed by atoms with E-state index in [0.717, 1.165) is 25.0 Å². The average Bonchev–Trinajstić information content (AvgIpc) is 2.39. The predicted molar refractivity (Wildman–Crippen MR) is 83.5 cm³/mol. The number of hydrogen-bond donors (Lipinski definition) is 2. The van der Waals surface area contributed by atoms with Crippen LogP contribution in [0.2, 0.25) is 0 Å². The molecule has 2 N–H and O–H groups in total. The standard InChI is InChI=1S/C16H27N3/c1-13(2)8-7-11-18-16(17-4)19-12-15-10-6-5-9-14(15)3/h5-6,9-10,13H,7-8,11-12H2,1-4H3,(H2,17,18,19). The largest absolute Gasteiger partial charge is 0.356 e. The van der Waals surface area contributed by atoms with E-state index in [4.69, 9.17) is 0 Å². The molecular formula is C16H27N3. The van der Waals surface area contributed by atoms with Gasteiger partial charge in [-0.05, 0) is 36.8 Å². The second-order valence-corrected chi connectivity index (χ2v) is 5.32. The van der Waals surface area contributed by atoms with Crippen molar-refractivity contribution in [3.8, 4) is 0 Å². The first-order valence-corrected chi connectivity index (χ1v) is 7.12. The highest BCUT2D eigenvalue weighted by molar-refractivity contribution is 5.79. The van der Waals surface area contributed by atoms with Crippen LogP contribution in [-0.4, -0.2) is 19.6 Å². The number of aliphatic imine (C=N–C) groups is 1. The van der Waals surface area contributed by atoms with Crippen LogP contribution in [0, 0.1) is 12.8 Å². The molecular weight excluding hydrogens is 234 g/mol. The molecule has 0 saturated heterocycles. The molecule has 106 valence electrons. The zero-order valence-electron chi connectivity index (χ0n) is 12.7. The van der Waals surface area contributed by atoms with Gasteiger partial charge in [-0.3, -0.25) is 4.99 Å². The fourth-order valence-corrected chi connectivity index (χ4v) is 1.93. The lowest BCUT2D eigenvalue weighted by Gasteiger charge is -2.13. The highest BCUT2D eigenvalue weighted by atomic mass is 15.2. The van der Waals surface area contributed by atoms with Gasteiger partial charge in [0.05, 0.1) is 0 Å². The molecule has 3 heteroatoms. The fourth-order valence-electron chi connectivity index (χ4n) is 1.93. The second kappa shape index (κ2) is 8.57. The van der Waals surface area contributed by atoms with Crippen molar-refractivity contribution in [3.05, 3.63) is 35.4 Å². The number of guanidine groups is 1. The van der Waals surface area contributed by atoms with Crippen LogP contribution in [0.15, 0.2) is 29.3 Å². The first-order chi connectivity index (χ1) is 9.13. The van der Waals surface area contributed by atoms with Crippen molar-refractivity contribution >= 4 is 5.96 Å². The van der Waals surface area contributed by atoms with Gasteiger partial charge in [0.15, 0.2) is 5.96 Å². The van der Waals surface area contributed by atoms with Gasteiger partial charge in [-0.1, -0.05) is 38.1 Å². The van der Waals surface area contributed by atoms with E-state index < -0.39 is 0 Å². The summed E-state index contributed by atoms with van der Waals surface area (Å²) in [7, 11) is 1.82. The summed E-state index contributed by atoms with van der Waals surface area (Å²) < 4.78 is 0. The van der Waals surface area contributed by atoms with E-state index in [1.807, 2.05) is 7.05 Å². The molecule has 0 atom stereocenters. The zero-order valence-corrected chi connectivity index (χ0v) is 12.7. The maximum atomic E-state index is 4.24. The number of nitrogens with zero attached hydrogens (tertiary/aromatic N) is 1. The lowest BCUT2D eigenvalue weighted by atomic mass is 10.1. The van der Waals surface area contributed by atoms with Crippen molar-refractivity contribution < 1.29 is 0 Å². The Morgan fingerprint density at radius 2 is 1.95 bits per heavy atom. The lowest BCUT2D eigenvalue weighted by Crippen LogP contribution is -2.37. The molecule has 1 rings (SSSR count). The second-order valence-electron chi connectivity index (χ2n) is 5.32. The SMILES string of the molecule is CN=C(NCCCC(C)C)NCc1ccccc1C. The van der Waals surface area contributed by atoms with Gasteiger partial charge in [0.2, 0.25) is 0 Å². The van der Waals surface area contributed by atoms with Crippen molar-refractivity contribution in [3.63, 3.8) is 0 Å². The first-order valence-electron chi connectivity index (χ1n) is 7.12. The Kier molecular flexibility index (Phi) is 7.01. The minimum atomic E-state index is 0.767. The maximum absolute atomic E-state index is 4.24. The Bertz CT molecular complexity index is 397. The smallest absolute Gasteiger partial charge is 0.191 e. The summed E-state index contributed by atoms with van der Waals surface area (Å²) >= 11 is 0. The van der Waals surface area contributed by atoms with E-state index in [1.54, 1.807) is 0 Å². The first kappa shape index (κ1) is 15.5. The summed E-state index contributed by atoms with van der Waals surface area (Å²) in [6, 6.07) is 8.42. The summed E-state index contributed by atoms with van der Waals surface area (Å²) in [4.78, 5) is 4.24. The zero-order chi connectivity index (χ0) is 14.1. The molecule has 0 heterocycles. The van der Waals surface area contributed by atoms with Crippen molar-refractivity contribution in [1.29, 1.82) is 0 Å². The van der Waals surface area contributed by atoms with Gasteiger partial charge in [-0.25, -0.2) is 0 Å².